The zero-order valence-electron chi connectivity index (χ0n) is 12.0. The molecule has 0 fully saturated rings. The lowest BCUT2D eigenvalue weighted by Gasteiger charge is -2.21. The lowest BCUT2D eigenvalue weighted by atomic mass is 10.2. The number of halogens is 1. The number of aliphatic hydroxyl groups is 1. The molecule has 0 bridgehead atoms. The molecule has 1 atom stereocenters. The molecule has 0 spiro atoms. The predicted molar refractivity (Wildman–Crippen MR) is 83.6 cm³/mol. The van der Waals surface area contributed by atoms with Crippen LogP contribution in [0, 0.1) is 0 Å². The molecule has 0 amide bonds. The SMILES string of the molecule is COCC(O)CN(C)c1cc(Cl)nc(-c2ccccc2)n1. The van der Waals surface area contributed by atoms with Gasteiger partial charge < -0.3 is 14.7 Å². The molecule has 0 aliphatic heterocycles. The van der Waals surface area contributed by atoms with E-state index < -0.39 is 6.10 Å². The molecular weight excluding hydrogens is 290 g/mol. The van der Waals surface area contributed by atoms with Gasteiger partial charge in [-0.3, -0.25) is 0 Å². The van der Waals surface area contributed by atoms with E-state index in [4.69, 9.17) is 16.3 Å². The fourth-order valence-electron chi connectivity index (χ4n) is 1.97. The number of rotatable bonds is 6. The molecule has 5 nitrogen and oxygen atoms in total. The van der Waals surface area contributed by atoms with Gasteiger partial charge >= 0.3 is 0 Å². The summed E-state index contributed by atoms with van der Waals surface area (Å²) in [6, 6.07) is 11.3. The van der Waals surface area contributed by atoms with E-state index in [0.29, 0.717) is 23.3 Å². The maximum Gasteiger partial charge on any atom is 0.163 e. The molecule has 0 radical (unpaired) electrons. The number of hydrogen-bond acceptors (Lipinski definition) is 5. The van der Waals surface area contributed by atoms with Crippen molar-refractivity contribution in [3.63, 3.8) is 0 Å². The number of ether oxygens (including phenoxy) is 1. The van der Waals surface area contributed by atoms with E-state index in [2.05, 4.69) is 9.97 Å². The van der Waals surface area contributed by atoms with Gasteiger partial charge in [0.1, 0.15) is 11.0 Å². The highest BCUT2D eigenvalue weighted by Crippen LogP contribution is 2.21. The summed E-state index contributed by atoms with van der Waals surface area (Å²) in [6.45, 7) is 0.671. The Hall–Kier alpha value is -1.69. The molecular formula is C15H18ClN3O2. The lowest BCUT2D eigenvalue weighted by Crippen LogP contribution is -2.32. The first-order valence-electron chi connectivity index (χ1n) is 6.58. The molecule has 112 valence electrons. The Bertz CT molecular complexity index is 580. The van der Waals surface area contributed by atoms with Crippen LogP contribution >= 0.6 is 11.6 Å². The minimum Gasteiger partial charge on any atom is -0.389 e. The summed E-state index contributed by atoms with van der Waals surface area (Å²) >= 11 is 6.08. The normalized spacial score (nSPS) is 12.2. The number of likely N-dealkylation sites (N-methyl/N-ethyl adjacent to an activating group) is 1. The van der Waals surface area contributed by atoms with E-state index in [1.807, 2.05) is 42.3 Å². The van der Waals surface area contributed by atoms with Crippen molar-refractivity contribution in [2.45, 2.75) is 6.10 Å². The van der Waals surface area contributed by atoms with Gasteiger partial charge in [-0.05, 0) is 0 Å². The molecule has 1 aromatic heterocycles. The van der Waals surface area contributed by atoms with Crippen LogP contribution in [0.15, 0.2) is 36.4 Å². The zero-order valence-corrected chi connectivity index (χ0v) is 12.8. The van der Waals surface area contributed by atoms with Crippen LogP contribution in [0.2, 0.25) is 5.15 Å². The van der Waals surface area contributed by atoms with Gasteiger partial charge in [0.15, 0.2) is 5.82 Å². The molecule has 6 heteroatoms. The third kappa shape index (κ3) is 4.39. The summed E-state index contributed by atoms with van der Waals surface area (Å²) in [5, 5.41) is 10.2. The second-order valence-corrected chi connectivity index (χ2v) is 5.12. The molecule has 1 heterocycles. The van der Waals surface area contributed by atoms with E-state index in [1.54, 1.807) is 13.2 Å². The van der Waals surface area contributed by atoms with Crippen molar-refractivity contribution in [3.05, 3.63) is 41.6 Å². The highest BCUT2D eigenvalue weighted by Gasteiger charge is 2.12. The van der Waals surface area contributed by atoms with Crippen molar-refractivity contribution in [1.82, 2.24) is 9.97 Å². The van der Waals surface area contributed by atoms with Gasteiger partial charge in [0, 0.05) is 32.3 Å². The first kappa shape index (κ1) is 15.7. The molecule has 2 rings (SSSR count). The fourth-order valence-corrected chi connectivity index (χ4v) is 2.15. The Morgan fingerprint density at radius 1 is 1.29 bits per heavy atom. The summed E-state index contributed by atoms with van der Waals surface area (Å²) in [5.74, 6) is 1.22. The van der Waals surface area contributed by atoms with Crippen LogP contribution in [-0.2, 0) is 4.74 Å². The molecule has 0 aliphatic carbocycles. The second-order valence-electron chi connectivity index (χ2n) is 4.73. The van der Waals surface area contributed by atoms with Crippen LogP contribution in [0.3, 0.4) is 0 Å². The quantitative estimate of drug-likeness (QED) is 0.829. The number of benzene rings is 1. The molecule has 0 saturated carbocycles. The number of aromatic nitrogens is 2. The molecule has 0 saturated heterocycles. The Morgan fingerprint density at radius 3 is 2.67 bits per heavy atom. The molecule has 1 aromatic carbocycles. The molecule has 1 unspecified atom stereocenters. The second kappa shape index (κ2) is 7.36. The van der Waals surface area contributed by atoms with E-state index in [0.717, 1.165) is 5.56 Å². The molecule has 2 aromatic rings. The number of methoxy groups -OCH3 is 1. The van der Waals surface area contributed by atoms with Gasteiger partial charge in [0.05, 0.1) is 12.7 Å². The van der Waals surface area contributed by atoms with Gasteiger partial charge in [-0.1, -0.05) is 41.9 Å². The lowest BCUT2D eigenvalue weighted by molar-refractivity contribution is 0.0694. The highest BCUT2D eigenvalue weighted by molar-refractivity contribution is 6.29. The Labute approximate surface area is 129 Å². The number of hydrogen-bond donors (Lipinski definition) is 1. The summed E-state index contributed by atoms with van der Waals surface area (Å²) in [6.07, 6.45) is -0.589. The third-order valence-corrected chi connectivity index (χ3v) is 3.14. The van der Waals surface area contributed by atoms with Crippen molar-refractivity contribution in [2.75, 3.05) is 32.2 Å². The monoisotopic (exact) mass is 307 g/mol. The summed E-state index contributed by atoms with van der Waals surface area (Å²) in [7, 11) is 3.39. The van der Waals surface area contributed by atoms with E-state index in [-0.39, 0.29) is 6.61 Å². The summed E-state index contributed by atoms with van der Waals surface area (Å²) < 4.78 is 4.92. The van der Waals surface area contributed by atoms with E-state index in [9.17, 15) is 5.11 Å². The van der Waals surface area contributed by atoms with Gasteiger partial charge in [0.25, 0.3) is 0 Å². The van der Waals surface area contributed by atoms with Gasteiger partial charge in [-0.25, -0.2) is 9.97 Å². The summed E-state index contributed by atoms with van der Waals surface area (Å²) in [5.41, 5.74) is 0.895. The zero-order chi connectivity index (χ0) is 15.2. The predicted octanol–water partition coefficient (Wildman–Crippen LogP) is 2.24. The largest absolute Gasteiger partial charge is 0.389 e. The fraction of sp³-hybridized carbons (Fsp3) is 0.333. The number of anilines is 1. The summed E-state index contributed by atoms with van der Waals surface area (Å²) in [4.78, 5) is 10.6. The average Bonchev–Trinajstić information content (AvgIpc) is 2.47. The molecule has 21 heavy (non-hydrogen) atoms. The highest BCUT2D eigenvalue weighted by atomic mass is 35.5. The van der Waals surface area contributed by atoms with Crippen molar-refractivity contribution in [3.8, 4) is 11.4 Å². The number of aliphatic hydroxyl groups excluding tert-OH is 1. The van der Waals surface area contributed by atoms with Crippen LogP contribution in [0.1, 0.15) is 0 Å². The molecule has 1 N–H and O–H groups in total. The smallest absolute Gasteiger partial charge is 0.163 e. The minimum absolute atomic E-state index is 0.273. The van der Waals surface area contributed by atoms with E-state index in [1.165, 1.54) is 0 Å². The van der Waals surface area contributed by atoms with Gasteiger partial charge in [0.2, 0.25) is 0 Å². The average molecular weight is 308 g/mol. The van der Waals surface area contributed by atoms with Crippen LogP contribution in [-0.4, -0.2) is 48.5 Å². The van der Waals surface area contributed by atoms with Crippen LogP contribution in [0.5, 0.6) is 0 Å². The van der Waals surface area contributed by atoms with Crippen LogP contribution in [0.4, 0.5) is 5.82 Å². The van der Waals surface area contributed by atoms with Gasteiger partial charge in [-0.15, -0.1) is 0 Å². The van der Waals surface area contributed by atoms with Crippen molar-refractivity contribution in [1.29, 1.82) is 0 Å². The Morgan fingerprint density at radius 2 is 2.00 bits per heavy atom. The minimum atomic E-state index is -0.589. The number of nitrogens with zero attached hydrogens (tertiary/aromatic N) is 3. The van der Waals surface area contributed by atoms with Crippen molar-refractivity contribution < 1.29 is 9.84 Å². The van der Waals surface area contributed by atoms with E-state index >= 15 is 0 Å². The Kier molecular flexibility index (Phi) is 5.50. The van der Waals surface area contributed by atoms with Crippen LogP contribution < -0.4 is 4.90 Å². The first-order valence-corrected chi connectivity index (χ1v) is 6.96. The maximum absolute atomic E-state index is 9.79. The standard InChI is InChI=1S/C15H18ClN3O2/c1-19(9-12(20)10-21-2)14-8-13(16)17-15(18-14)11-6-4-3-5-7-11/h3-8,12,20H,9-10H2,1-2H3. The van der Waals surface area contributed by atoms with Crippen molar-refractivity contribution >= 4 is 17.4 Å². The Balaban J connectivity index is 2.23. The van der Waals surface area contributed by atoms with Crippen LogP contribution in [0.25, 0.3) is 11.4 Å². The maximum atomic E-state index is 9.79. The third-order valence-electron chi connectivity index (χ3n) is 2.95. The topological polar surface area (TPSA) is 58.5 Å². The molecule has 0 aliphatic rings. The van der Waals surface area contributed by atoms with Crippen molar-refractivity contribution in [2.24, 2.45) is 0 Å². The first-order chi connectivity index (χ1) is 10.1. The van der Waals surface area contributed by atoms with Gasteiger partial charge in [-0.2, -0.15) is 0 Å².